The summed E-state index contributed by atoms with van der Waals surface area (Å²) in [5.41, 5.74) is 6.91. The van der Waals surface area contributed by atoms with E-state index in [9.17, 15) is 9.18 Å². The van der Waals surface area contributed by atoms with Gasteiger partial charge in [-0.3, -0.25) is 4.79 Å². The lowest BCUT2D eigenvalue weighted by Crippen LogP contribution is -2.12. The highest BCUT2D eigenvalue weighted by atomic mass is 19.1. The smallest absolute Gasteiger partial charge is 0.315 e. The number of esters is 1. The molecular weight excluding hydrogens is 233 g/mol. The summed E-state index contributed by atoms with van der Waals surface area (Å²) in [4.78, 5) is 11.6. The predicted octanol–water partition coefficient (Wildman–Crippen LogP) is 2.56. The summed E-state index contributed by atoms with van der Waals surface area (Å²) in [6, 6.07) is 12.7. The Morgan fingerprint density at radius 1 is 1.17 bits per heavy atom. The fourth-order valence-corrected chi connectivity index (χ4v) is 1.56. The molecule has 2 rings (SSSR count). The third-order valence-corrected chi connectivity index (χ3v) is 2.36. The number of anilines is 1. The van der Waals surface area contributed by atoms with Crippen LogP contribution in [0, 0.1) is 5.82 Å². The molecule has 0 fully saturated rings. The van der Waals surface area contributed by atoms with E-state index in [0.717, 1.165) is 5.56 Å². The van der Waals surface area contributed by atoms with Crippen LogP contribution in [0.3, 0.4) is 0 Å². The first-order valence-corrected chi connectivity index (χ1v) is 5.45. The highest BCUT2D eigenvalue weighted by Gasteiger charge is 2.09. The van der Waals surface area contributed by atoms with E-state index in [1.165, 1.54) is 18.2 Å². The van der Waals surface area contributed by atoms with Gasteiger partial charge in [-0.25, -0.2) is 4.39 Å². The van der Waals surface area contributed by atoms with Gasteiger partial charge in [0.2, 0.25) is 0 Å². The van der Waals surface area contributed by atoms with Gasteiger partial charge < -0.3 is 10.5 Å². The fourth-order valence-electron chi connectivity index (χ4n) is 1.56. The average Bonchev–Trinajstić information content (AvgIpc) is 2.32. The van der Waals surface area contributed by atoms with Gasteiger partial charge in [0.1, 0.15) is 0 Å². The Hall–Kier alpha value is -2.36. The van der Waals surface area contributed by atoms with Gasteiger partial charge in [-0.15, -0.1) is 0 Å². The van der Waals surface area contributed by atoms with Crippen molar-refractivity contribution in [3.8, 4) is 5.75 Å². The van der Waals surface area contributed by atoms with Gasteiger partial charge in [0.25, 0.3) is 0 Å². The molecule has 0 saturated heterocycles. The van der Waals surface area contributed by atoms with Gasteiger partial charge in [-0.2, -0.15) is 0 Å². The minimum Gasteiger partial charge on any atom is -0.423 e. The quantitative estimate of drug-likeness (QED) is 0.513. The first-order valence-electron chi connectivity index (χ1n) is 5.45. The number of carbonyl (C=O) groups excluding carboxylic acids is 1. The van der Waals surface area contributed by atoms with E-state index in [-0.39, 0.29) is 12.2 Å². The van der Waals surface area contributed by atoms with E-state index in [1.807, 2.05) is 0 Å². The molecule has 2 aromatic rings. The van der Waals surface area contributed by atoms with E-state index < -0.39 is 11.8 Å². The highest BCUT2D eigenvalue weighted by Crippen LogP contribution is 2.16. The zero-order chi connectivity index (χ0) is 13.0. The van der Waals surface area contributed by atoms with Crippen molar-refractivity contribution in [2.45, 2.75) is 6.42 Å². The Morgan fingerprint density at radius 3 is 2.67 bits per heavy atom. The molecule has 2 aromatic carbocycles. The van der Waals surface area contributed by atoms with Crippen LogP contribution < -0.4 is 10.5 Å². The van der Waals surface area contributed by atoms with Crippen LogP contribution in [0.1, 0.15) is 5.56 Å². The lowest BCUT2D eigenvalue weighted by atomic mass is 10.1. The molecule has 0 radical (unpaired) electrons. The molecule has 0 aliphatic rings. The molecule has 2 N–H and O–H groups in total. The van der Waals surface area contributed by atoms with Gasteiger partial charge in [-0.1, -0.05) is 24.3 Å². The SMILES string of the molecule is Nc1cccc(CC(=O)Oc2ccccc2F)c1. The minimum atomic E-state index is -0.557. The van der Waals surface area contributed by atoms with Crippen LogP contribution in [0.5, 0.6) is 5.75 Å². The molecule has 0 atom stereocenters. The maximum Gasteiger partial charge on any atom is 0.315 e. The molecule has 0 aliphatic carbocycles. The lowest BCUT2D eigenvalue weighted by molar-refractivity contribution is -0.133. The number of hydrogen-bond acceptors (Lipinski definition) is 3. The normalized spacial score (nSPS) is 10.1. The van der Waals surface area contributed by atoms with Crippen molar-refractivity contribution in [3.63, 3.8) is 0 Å². The number of ether oxygens (including phenoxy) is 1. The number of rotatable bonds is 3. The molecule has 0 saturated carbocycles. The molecule has 3 nitrogen and oxygen atoms in total. The first-order chi connectivity index (χ1) is 8.65. The van der Waals surface area contributed by atoms with E-state index in [2.05, 4.69) is 0 Å². The summed E-state index contributed by atoms with van der Waals surface area (Å²) in [7, 11) is 0. The molecule has 0 unspecified atom stereocenters. The third-order valence-electron chi connectivity index (χ3n) is 2.36. The zero-order valence-electron chi connectivity index (χ0n) is 9.60. The topological polar surface area (TPSA) is 52.3 Å². The van der Waals surface area contributed by atoms with Crippen LogP contribution in [-0.2, 0) is 11.2 Å². The first kappa shape index (κ1) is 12.1. The van der Waals surface area contributed by atoms with Crippen LogP contribution in [0.4, 0.5) is 10.1 Å². The van der Waals surface area contributed by atoms with Crippen LogP contribution in [0.2, 0.25) is 0 Å². The van der Waals surface area contributed by atoms with E-state index in [0.29, 0.717) is 5.69 Å². The lowest BCUT2D eigenvalue weighted by Gasteiger charge is -2.05. The summed E-state index contributed by atoms with van der Waals surface area (Å²) in [6.45, 7) is 0. The number of hydrogen-bond donors (Lipinski definition) is 1. The van der Waals surface area contributed by atoms with E-state index >= 15 is 0 Å². The van der Waals surface area contributed by atoms with Crippen LogP contribution in [0.15, 0.2) is 48.5 Å². The fraction of sp³-hybridized carbons (Fsp3) is 0.0714. The van der Waals surface area contributed by atoms with Gasteiger partial charge in [0.05, 0.1) is 6.42 Å². The van der Waals surface area contributed by atoms with Gasteiger partial charge in [0.15, 0.2) is 11.6 Å². The summed E-state index contributed by atoms with van der Waals surface area (Å²) >= 11 is 0. The highest BCUT2D eigenvalue weighted by molar-refractivity contribution is 5.75. The number of nitrogens with two attached hydrogens (primary N) is 1. The molecule has 0 aliphatic heterocycles. The predicted molar refractivity (Wildman–Crippen MR) is 66.6 cm³/mol. The number of para-hydroxylation sites is 1. The molecule has 0 spiro atoms. The molecular formula is C14H12FNO2. The molecule has 0 amide bonds. The van der Waals surface area contributed by atoms with E-state index in [4.69, 9.17) is 10.5 Å². The minimum absolute atomic E-state index is 0.0549. The van der Waals surface area contributed by atoms with Crippen molar-refractivity contribution in [1.82, 2.24) is 0 Å². The monoisotopic (exact) mass is 245 g/mol. The largest absolute Gasteiger partial charge is 0.423 e. The Labute approximate surface area is 104 Å². The Bertz CT molecular complexity index is 569. The van der Waals surface area contributed by atoms with Crippen molar-refractivity contribution in [2.75, 3.05) is 5.73 Å². The second-order valence-corrected chi connectivity index (χ2v) is 3.83. The van der Waals surface area contributed by atoms with Crippen LogP contribution >= 0.6 is 0 Å². The standard InChI is InChI=1S/C14H12FNO2/c15-12-6-1-2-7-13(12)18-14(17)9-10-4-3-5-11(16)8-10/h1-8H,9,16H2. The second-order valence-electron chi connectivity index (χ2n) is 3.83. The van der Waals surface area contributed by atoms with Crippen LogP contribution in [-0.4, -0.2) is 5.97 Å². The molecule has 4 heteroatoms. The number of halogens is 1. The maximum atomic E-state index is 13.3. The Kier molecular flexibility index (Phi) is 3.57. The van der Waals surface area contributed by atoms with Crippen molar-refractivity contribution in [2.24, 2.45) is 0 Å². The van der Waals surface area contributed by atoms with Crippen molar-refractivity contribution in [3.05, 3.63) is 59.9 Å². The summed E-state index contributed by atoms with van der Waals surface area (Å²) < 4.78 is 18.2. The average molecular weight is 245 g/mol. The summed E-state index contributed by atoms with van der Waals surface area (Å²) in [6.07, 6.45) is 0.0549. The van der Waals surface area contributed by atoms with Crippen molar-refractivity contribution < 1.29 is 13.9 Å². The summed E-state index contributed by atoms with van der Waals surface area (Å²) in [5, 5.41) is 0. The number of nitrogen functional groups attached to an aromatic ring is 1. The number of benzene rings is 2. The molecule has 18 heavy (non-hydrogen) atoms. The van der Waals surface area contributed by atoms with Gasteiger partial charge in [0, 0.05) is 5.69 Å². The third kappa shape index (κ3) is 3.07. The number of carbonyl (C=O) groups is 1. The summed E-state index contributed by atoms with van der Waals surface area (Å²) in [5.74, 6) is -1.14. The molecule has 0 heterocycles. The Balaban J connectivity index is 2.03. The van der Waals surface area contributed by atoms with Gasteiger partial charge in [-0.05, 0) is 29.8 Å². The maximum absolute atomic E-state index is 13.3. The van der Waals surface area contributed by atoms with Crippen molar-refractivity contribution >= 4 is 11.7 Å². The van der Waals surface area contributed by atoms with Crippen LogP contribution in [0.25, 0.3) is 0 Å². The molecule has 0 aromatic heterocycles. The Morgan fingerprint density at radius 2 is 1.94 bits per heavy atom. The zero-order valence-corrected chi connectivity index (χ0v) is 9.60. The van der Waals surface area contributed by atoms with Gasteiger partial charge >= 0.3 is 5.97 Å². The molecule has 0 bridgehead atoms. The molecule has 92 valence electrons. The van der Waals surface area contributed by atoms with E-state index in [1.54, 1.807) is 30.3 Å². The van der Waals surface area contributed by atoms with Crippen molar-refractivity contribution in [1.29, 1.82) is 0 Å². The second kappa shape index (κ2) is 5.31.